The number of carbonyl (C=O) groups excluding carboxylic acids is 2. The highest BCUT2D eigenvalue weighted by Crippen LogP contribution is 2.31. The molecule has 166 valence electrons. The van der Waals surface area contributed by atoms with Crippen molar-refractivity contribution in [1.29, 1.82) is 0 Å². The van der Waals surface area contributed by atoms with E-state index in [0.717, 1.165) is 0 Å². The summed E-state index contributed by atoms with van der Waals surface area (Å²) in [5, 5.41) is 3.31. The standard InChI is InChI=1S/C22H34N2O4SSi/c1-8-24(9-2)21(26)16-12-10-11-13-17(16)27-22(29)14(3)19-18(20(25)23-19)15(4)28-30(5,6)7/h10-15,18-19H,8-9H2,1-7H3,(H,23,25)/t14-,15-,18-,19-/m1/s1. The molecule has 0 unspecified atom stereocenters. The van der Waals surface area contributed by atoms with Crippen LogP contribution < -0.4 is 10.1 Å². The maximum Gasteiger partial charge on any atom is 0.257 e. The number of para-hydroxylation sites is 1. The predicted octanol–water partition coefficient (Wildman–Crippen LogP) is 3.87. The van der Waals surface area contributed by atoms with E-state index in [-0.39, 0.29) is 35.8 Å². The first-order valence-electron chi connectivity index (χ1n) is 10.6. The summed E-state index contributed by atoms with van der Waals surface area (Å²) in [4.78, 5) is 26.8. The molecule has 0 bridgehead atoms. The van der Waals surface area contributed by atoms with E-state index >= 15 is 0 Å². The van der Waals surface area contributed by atoms with Gasteiger partial charge in [0.05, 0.1) is 23.6 Å². The Labute approximate surface area is 186 Å². The van der Waals surface area contributed by atoms with Crippen LogP contribution in [-0.2, 0) is 9.22 Å². The molecule has 2 amide bonds. The van der Waals surface area contributed by atoms with Crippen LogP contribution in [0, 0.1) is 11.8 Å². The fourth-order valence-corrected chi connectivity index (χ4v) is 5.25. The Bertz CT molecular complexity index is 792. The zero-order chi connectivity index (χ0) is 22.6. The lowest BCUT2D eigenvalue weighted by Gasteiger charge is -2.44. The average Bonchev–Trinajstić information content (AvgIpc) is 2.65. The van der Waals surface area contributed by atoms with Gasteiger partial charge in [-0.3, -0.25) is 9.59 Å². The van der Waals surface area contributed by atoms with Crippen LogP contribution >= 0.6 is 12.2 Å². The number of β-lactam (4-membered cyclic amide) rings is 1. The Morgan fingerprint density at radius 1 is 1.20 bits per heavy atom. The molecule has 1 aromatic rings. The number of hydrogen-bond acceptors (Lipinski definition) is 5. The molecule has 1 saturated heterocycles. The third kappa shape index (κ3) is 5.68. The molecular formula is C22H34N2O4SSi. The SMILES string of the molecule is CCN(CC)C(=O)c1ccccc1OC(=S)[C@H](C)[C@H]1NC(=O)[C@@H]1[C@@H](C)O[Si](C)(C)C. The van der Waals surface area contributed by atoms with E-state index in [1.54, 1.807) is 17.0 Å². The van der Waals surface area contributed by atoms with Crippen LogP contribution in [0.15, 0.2) is 24.3 Å². The van der Waals surface area contributed by atoms with Crippen LogP contribution in [0.2, 0.25) is 19.6 Å². The summed E-state index contributed by atoms with van der Waals surface area (Å²) in [5.41, 5.74) is 0.486. The van der Waals surface area contributed by atoms with Crippen molar-refractivity contribution >= 4 is 37.4 Å². The molecule has 1 N–H and O–H groups in total. The van der Waals surface area contributed by atoms with Gasteiger partial charge < -0.3 is 19.4 Å². The van der Waals surface area contributed by atoms with Crippen molar-refractivity contribution in [2.75, 3.05) is 13.1 Å². The second-order valence-electron chi connectivity index (χ2n) is 8.68. The van der Waals surface area contributed by atoms with Gasteiger partial charge in [-0.15, -0.1) is 0 Å². The first-order chi connectivity index (χ1) is 14.0. The molecule has 1 heterocycles. The summed E-state index contributed by atoms with van der Waals surface area (Å²) < 4.78 is 12.1. The molecule has 1 aliphatic heterocycles. The van der Waals surface area contributed by atoms with Crippen molar-refractivity contribution in [3.05, 3.63) is 29.8 Å². The van der Waals surface area contributed by atoms with Gasteiger partial charge in [0.1, 0.15) is 5.75 Å². The van der Waals surface area contributed by atoms with E-state index in [9.17, 15) is 9.59 Å². The molecule has 30 heavy (non-hydrogen) atoms. The van der Waals surface area contributed by atoms with Gasteiger partial charge in [0, 0.05) is 19.0 Å². The van der Waals surface area contributed by atoms with Gasteiger partial charge in [0.15, 0.2) is 13.4 Å². The monoisotopic (exact) mass is 450 g/mol. The summed E-state index contributed by atoms with van der Waals surface area (Å²) in [6.45, 7) is 15.3. The maximum absolute atomic E-state index is 12.8. The minimum Gasteiger partial charge on any atom is -0.449 e. The third-order valence-electron chi connectivity index (χ3n) is 5.33. The van der Waals surface area contributed by atoms with E-state index < -0.39 is 8.32 Å². The molecule has 2 rings (SSSR count). The Balaban J connectivity index is 2.13. The second-order valence-corrected chi connectivity index (χ2v) is 13.5. The Morgan fingerprint density at radius 3 is 2.33 bits per heavy atom. The molecule has 6 nitrogen and oxygen atoms in total. The van der Waals surface area contributed by atoms with Crippen LogP contribution in [0.5, 0.6) is 5.75 Å². The number of thiocarbonyl (C=S) groups is 1. The zero-order valence-corrected chi connectivity index (χ0v) is 20.8. The quantitative estimate of drug-likeness (QED) is 0.351. The molecule has 0 aromatic heterocycles. The van der Waals surface area contributed by atoms with E-state index in [1.807, 2.05) is 39.8 Å². The fraction of sp³-hybridized carbons (Fsp3) is 0.591. The lowest BCUT2D eigenvalue weighted by molar-refractivity contribution is -0.140. The highest BCUT2D eigenvalue weighted by atomic mass is 32.1. The predicted molar refractivity (Wildman–Crippen MR) is 125 cm³/mol. The zero-order valence-electron chi connectivity index (χ0n) is 19.0. The summed E-state index contributed by atoms with van der Waals surface area (Å²) in [6, 6.07) is 6.99. The minimum atomic E-state index is -1.77. The number of amides is 2. The van der Waals surface area contributed by atoms with Crippen LogP contribution in [-0.4, -0.2) is 55.3 Å². The molecule has 0 aliphatic carbocycles. The normalized spacial score (nSPS) is 20.6. The van der Waals surface area contributed by atoms with Crippen LogP contribution in [0.3, 0.4) is 0 Å². The molecule has 8 heteroatoms. The highest BCUT2D eigenvalue weighted by molar-refractivity contribution is 7.80. The van der Waals surface area contributed by atoms with Gasteiger partial charge in [-0.25, -0.2) is 0 Å². The van der Waals surface area contributed by atoms with Crippen LogP contribution in [0.1, 0.15) is 38.1 Å². The minimum absolute atomic E-state index is 0.0162. The first-order valence-corrected chi connectivity index (χ1v) is 14.4. The van der Waals surface area contributed by atoms with E-state index in [1.165, 1.54) is 0 Å². The summed E-state index contributed by atoms with van der Waals surface area (Å²) >= 11 is 5.56. The smallest absolute Gasteiger partial charge is 0.257 e. The highest BCUT2D eigenvalue weighted by Gasteiger charge is 2.48. The maximum atomic E-state index is 12.8. The molecule has 0 radical (unpaired) electrons. The van der Waals surface area contributed by atoms with Crippen LogP contribution in [0.25, 0.3) is 0 Å². The molecule has 1 fully saturated rings. The van der Waals surface area contributed by atoms with Gasteiger partial charge in [0.25, 0.3) is 5.91 Å². The van der Waals surface area contributed by atoms with Gasteiger partial charge >= 0.3 is 0 Å². The van der Waals surface area contributed by atoms with Crippen LogP contribution in [0.4, 0.5) is 0 Å². The number of rotatable bonds is 9. The number of nitrogens with zero attached hydrogens (tertiary/aromatic N) is 1. The topological polar surface area (TPSA) is 67.9 Å². The van der Waals surface area contributed by atoms with Crippen molar-refractivity contribution in [1.82, 2.24) is 10.2 Å². The molecule has 1 aliphatic rings. The third-order valence-corrected chi connectivity index (χ3v) is 6.87. The lowest BCUT2D eigenvalue weighted by atomic mass is 9.79. The van der Waals surface area contributed by atoms with Crippen molar-refractivity contribution < 1.29 is 18.8 Å². The van der Waals surface area contributed by atoms with Crippen molar-refractivity contribution in [3.63, 3.8) is 0 Å². The fourth-order valence-electron chi connectivity index (χ4n) is 3.75. The van der Waals surface area contributed by atoms with E-state index in [2.05, 4.69) is 25.0 Å². The molecule has 0 saturated carbocycles. The molecule has 0 spiro atoms. The van der Waals surface area contributed by atoms with E-state index in [4.69, 9.17) is 21.4 Å². The number of carbonyl (C=O) groups is 2. The number of benzene rings is 1. The summed E-state index contributed by atoms with van der Waals surface area (Å²) in [6.07, 6.45) is -0.183. The Morgan fingerprint density at radius 2 is 1.80 bits per heavy atom. The van der Waals surface area contributed by atoms with Gasteiger partial charge in [-0.2, -0.15) is 0 Å². The van der Waals surface area contributed by atoms with Gasteiger partial charge in [0.2, 0.25) is 5.91 Å². The first kappa shape index (κ1) is 24.5. The summed E-state index contributed by atoms with van der Waals surface area (Å²) in [7, 11) is -1.77. The van der Waals surface area contributed by atoms with Crippen molar-refractivity contribution in [3.8, 4) is 5.75 Å². The molecular weight excluding hydrogens is 416 g/mol. The van der Waals surface area contributed by atoms with Gasteiger partial charge in [-0.05, 0) is 64.8 Å². The Hall–Kier alpha value is -1.77. The van der Waals surface area contributed by atoms with E-state index in [0.29, 0.717) is 29.5 Å². The number of ether oxygens (including phenoxy) is 1. The summed E-state index contributed by atoms with van der Waals surface area (Å²) in [5.74, 6) is -0.122. The molecule has 1 aromatic carbocycles. The van der Waals surface area contributed by atoms with Crippen molar-refractivity contribution in [2.24, 2.45) is 11.8 Å². The molecule has 4 atom stereocenters. The average molecular weight is 451 g/mol. The number of hydrogen-bond donors (Lipinski definition) is 1. The van der Waals surface area contributed by atoms with Gasteiger partial charge in [-0.1, -0.05) is 19.1 Å². The lowest BCUT2D eigenvalue weighted by Crippen LogP contribution is -2.66. The van der Waals surface area contributed by atoms with Crippen molar-refractivity contribution in [2.45, 2.75) is 59.5 Å². The largest absolute Gasteiger partial charge is 0.449 e. The second kappa shape index (κ2) is 10.0. The number of nitrogens with one attached hydrogen (secondary N) is 1. The Kier molecular flexibility index (Phi) is 8.18.